The summed E-state index contributed by atoms with van der Waals surface area (Å²) in [5.74, 6) is -3.96. The van der Waals surface area contributed by atoms with Crippen molar-refractivity contribution in [2.24, 2.45) is 5.73 Å². The molecule has 0 unspecified atom stereocenters. The Morgan fingerprint density at radius 2 is 1.00 bits per heavy atom. The molecular weight excluding hydrogens is 666 g/mol. The molecule has 0 aromatic heterocycles. The molecule has 294 valence electrons. The SMILES string of the molecule is CCCCCCCCCCCCCC[C@@H](OC(C)=O)[C@@H](OC(C)=O)[C@@H](N)CC[C@H]1O[C@H](COC(C)=O)[C@H](OC(C)=O)[C@H](OC(C)=O)[C@H]1OC(C)=O. The van der Waals surface area contributed by atoms with Gasteiger partial charge in [0.1, 0.15) is 18.8 Å². The minimum atomic E-state index is -1.31. The fourth-order valence-corrected chi connectivity index (χ4v) is 6.39. The molecule has 1 fully saturated rings. The molecule has 1 aliphatic heterocycles. The Morgan fingerprint density at radius 1 is 0.549 bits per heavy atom. The van der Waals surface area contributed by atoms with Crippen LogP contribution in [0, 0.1) is 0 Å². The van der Waals surface area contributed by atoms with Crippen LogP contribution in [-0.4, -0.2) is 91.2 Å². The van der Waals surface area contributed by atoms with Gasteiger partial charge < -0.3 is 38.9 Å². The first-order valence-electron chi connectivity index (χ1n) is 18.6. The van der Waals surface area contributed by atoms with Crippen LogP contribution in [0.3, 0.4) is 0 Å². The van der Waals surface area contributed by atoms with E-state index in [1.54, 1.807) is 0 Å². The molecule has 1 rings (SSSR count). The first-order chi connectivity index (χ1) is 24.2. The van der Waals surface area contributed by atoms with Gasteiger partial charge in [0.2, 0.25) is 0 Å². The van der Waals surface area contributed by atoms with Gasteiger partial charge in [-0.3, -0.25) is 28.8 Å². The number of rotatable bonds is 25. The highest BCUT2D eigenvalue weighted by Crippen LogP contribution is 2.32. The molecule has 14 heteroatoms. The fourth-order valence-electron chi connectivity index (χ4n) is 6.39. The maximum atomic E-state index is 12.2. The summed E-state index contributed by atoms with van der Waals surface area (Å²) in [5.41, 5.74) is 6.63. The van der Waals surface area contributed by atoms with E-state index in [2.05, 4.69) is 6.92 Å². The van der Waals surface area contributed by atoms with Crippen LogP contribution < -0.4 is 5.73 Å². The molecule has 51 heavy (non-hydrogen) atoms. The van der Waals surface area contributed by atoms with Gasteiger partial charge in [-0.05, 0) is 25.7 Å². The lowest BCUT2D eigenvalue weighted by molar-refractivity contribution is -0.253. The smallest absolute Gasteiger partial charge is 0.303 e. The van der Waals surface area contributed by atoms with Crippen LogP contribution >= 0.6 is 0 Å². The Bertz CT molecular complexity index is 1080. The molecule has 1 heterocycles. The van der Waals surface area contributed by atoms with E-state index < -0.39 is 84.6 Å². The van der Waals surface area contributed by atoms with E-state index in [0.717, 1.165) is 46.5 Å². The predicted octanol–water partition coefficient (Wildman–Crippen LogP) is 5.17. The second-order valence-corrected chi connectivity index (χ2v) is 13.4. The monoisotopic (exact) mass is 729 g/mol. The lowest BCUT2D eigenvalue weighted by Gasteiger charge is -2.45. The van der Waals surface area contributed by atoms with Crippen LogP contribution in [0.15, 0.2) is 0 Å². The van der Waals surface area contributed by atoms with Crippen molar-refractivity contribution in [3.8, 4) is 0 Å². The third kappa shape index (κ3) is 19.8. The van der Waals surface area contributed by atoms with Gasteiger partial charge >= 0.3 is 35.8 Å². The van der Waals surface area contributed by atoms with Crippen LogP contribution in [0.5, 0.6) is 0 Å². The largest absolute Gasteiger partial charge is 0.463 e. The molecule has 0 saturated carbocycles. The van der Waals surface area contributed by atoms with Crippen molar-refractivity contribution in [2.75, 3.05) is 6.61 Å². The fraction of sp³-hybridized carbons (Fsp3) is 0.838. The Kier molecular flexibility index (Phi) is 23.0. The van der Waals surface area contributed by atoms with Gasteiger partial charge in [0.15, 0.2) is 24.4 Å². The van der Waals surface area contributed by atoms with Gasteiger partial charge in [0.05, 0.1) is 6.10 Å². The summed E-state index contributed by atoms with van der Waals surface area (Å²) < 4.78 is 39.1. The molecule has 8 atom stereocenters. The van der Waals surface area contributed by atoms with Crippen molar-refractivity contribution >= 4 is 35.8 Å². The van der Waals surface area contributed by atoms with Crippen LogP contribution in [-0.2, 0) is 61.9 Å². The third-order valence-corrected chi connectivity index (χ3v) is 8.62. The molecule has 1 saturated heterocycles. The molecule has 2 N–H and O–H groups in total. The number of hydrogen-bond donors (Lipinski definition) is 1. The average Bonchev–Trinajstić information content (AvgIpc) is 3.03. The zero-order chi connectivity index (χ0) is 38.3. The molecule has 0 aromatic carbocycles. The van der Waals surface area contributed by atoms with E-state index >= 15 is 0 Å². The average molecular weight is 730 g/mol. The zero-order valence-electron chi connectivity index (χ0n) is 31.8. The molecule has 0 bridgehead atoms. The first kappa shape index (κ1) is 45.8. The summed E-state index contributed by atoms with van der Waals surface area (Å²) in [6.45, 7) is 9.03. The minimum Gasteiger partial charge on any atom is -0.463 e. The molecule has 0 aliphatic carbocycles. The number of esters is 6. The van der Waals surface area contributed by atoms with Crippen LogP contribution in [0.2, 0.25) is 0 Å². The Balaban J connectivity index is 3.06. The van der Waals surface area contributed by atoms with Gasteiger partial charge in [0.25, 0.3) is 0 Å². The van der Waals surface area contributed by atoms with Crippen molar-refractivity contribution in [1.82, 2.24) is 0 Å². The summed E-state index contributed by atoms with van der Waals surface area (Å²) >= 11 is 0. The normalized spacial score (nSPS) is 21.8. The zero-order valence-corrected chi connectivity index (χ0v) is 31.8. The maximum Gasteiger partial charge on any atom is 0.303 e. The Morgan fingerprint density at radius 3 is 1.45 bits per heavy atom. The van der Waals surface area contributed by atoms with E-state index in [1.807, 2.05) is 0 Å². The lowest BCUT2D eigenvalue weighted by Crippen LogP contribution is -2.62. The van der Waals surface area contributed by atoms with Gasteiger partial charge in [-0.1, -0.05) is 77.6 Å². The van der Waals surface area contributed by atoms with Crippen LogP contribution in [0.1, 0.15) is 145 Å². The Labute approximate surface area is 303 Å². The number of ether oxygens (including phenoxy) is 7. The highest BCUT2D eigenvalue weighted by Gasteiger charge is 2.52. The predicted molar refractivity (Wildman–Crippen MR) is 186 cm³/mol. The van der Waals surface area contributed by atoms with Crippen molar-refractivity contribution in [2.45, 2.75) is 194 Å². The number of carbonyl (C=O) groups is 6. The van der Waals surface area contributed by atoms with Gasteiger partial charge in [-0.25, -0.2) is 0 Å². The lowest BCUT2D eigenvalue weighted by atomic mass is 9.89. The molecule has 0 spiro atoms. The Hall–Kier alpha value is -3.26. The molecular formula is C37H63NO13. The number of unbranched alkanes of at least 4 members (excludes halogenated alkanes) is 11. The quantitative estimate of drug-likeness (QED) is 0.0734. The maximum absolute atomic E-state index is 12.2. The summed E-state index contributed by atoms with van der Waals surface area (Å²) in [6.07, 6.45) is 6.84. The standard InChI is InChI=1S/C37H63NO13/c1-8-9-10-11-12-13-14-15-16-17-18-19-20-31(46-25(3)40)34(47-26(4)41)30(38)21-22-32-35(48-27(5)42)37(50-29(7)44)36(49-28(6)43)33(51-32)23-45-24(2)39/h30-37H,8-23,38H2,1-7H3/t30-,31+,32+,33+,34-,35-,36-,37+/m0/s1. The molecule has 0 amide bonds. The number of carbonyl (C=O) groups excluding carboxylic acids is 6. The summed E-state index contributed by atoms with van der Waals surface area (Å²) in [4.78, 5) is 72.4. The van der Waals surface area contributed by atoms with Gasteiger partial charge in [0, 0.05) is 47.6 Å². The first-order valence-corrected chi connectivity index (χ1v) is 18.6. The van der Waals surface area contributed by atoms with Crippen molar-refractivity contribution in [3.05, 3.63) is 0 Å². The summed E-state index contributed by atoms with van der Waals surface area (Å²) in [6, 6.07) is -0.859. The van der Waals surface area contributed by atoms with Crippen molar-refractivity contribution in [3.63, 3.8) is 0 Å². The topological polar surface area (TPSA) is 193 Å². The number of hydrogen-bond acceptors (Lipinski definition) is 14. The van der Waals surface area contributed by atoms with Crippen LogP contribution in [0.4, 0.5) is 0 Å². The van der Waals surface area contributed by atoms with E-state index in [1.165, 1.54) is 72.1 Å². The van der Waals surface area contributed by atoms with E-state index in [4.69, 9.17) is 38.9 Å². The van der Waals surface area contributed by atoms with Gasteiger partial charge in [-0.15, -0.1) is 0 Å². The minimum absolute atomic E-state index is 0.0728. The number of nitrogens with two attached hydrogens (primary N) is 1. The van der Waals surface area contributed by atoms with Gasteiger partial charge in [-0.2, -0.15) is 0 Å². The van der Waals surface area contributed by atoms with E-state index in [9.17, 15) is 28.8 Å². The molecule has 0 radical (unpaired) electrons. The van der Waals surface area contributed by atoms with E-state index in [0.29, 0.717) is 6.42 Å². The summed E-state index contributed by atoms with van der Waals surface area (Å²) in [7, 11) is 0. The highest BCUT2D eigenvalue weighted by molar-refractivity contribution is 5.69. The molecule has 1 aliphatic rings. The second kappa shape index (κ2) is 25.7. The third-order valence-electron chi connectivity index (χ3n) is 8.62. The second-order valence-electron chi connectivity index (χ2n) is 13.4. The van der Waals surface area contributed by atoms with Crippen LogP contribution in [0.25, 0.3) is 0 Å². The molecule has 0 aromatic rings. The highest BCUT2D eigenvalue weighted by atomic mass is 16.7. The van der Waals surface area contributed by atoms with E-state index in [-0.39, 0.29) is 19.4 Å². The van der Waals surface area contributed by atoms with Crippen molar-refractivity contribution < 1.29 is 61.9 Å². The molecule has 14 nitrogen and oxygen atoms in total. The summed E-state index contributed by atoms with van der Waals surface area (Å²) in [5, 5.41) is 0. The van der Waals surface area contributed by atoms with Crippen molar-refractivity contribution in [1.29, 1.82) is 0 Å².